The highest BCUT2D eigenvalue weighted by atomic mass is 35.5. The third-order valence-electron chi connectivity index (χ3n) is 4.53. The molecule has 10 heteroatoms. The zero-order valence-electron chi connectivity index (χ0n) is 13.8. The minimum atomic E-state index is -4.20. The van der Waals surface area contributed by atoms with E-state index in [0.29, 0.717) is 18.8 Å². The number of hydrogen-bond acceptors (Lipinski definition) is 4. The van der Waals surface area contributed by atoms with Crippen molar-refractivity contribution in [3.63, 3.8) is 0 Å². The number of nitrogens with zero attached hydrogens (tertiary/aromatic N) is 4. The largest absolute Gasteiger partial charge is 0.401 e. The second-order valence-corrected chi connectivity index (χ2v) is 6.36. The van der Waals surface area contributed by atoms with Crippen molar-refractivity contribution in [3.05, 3.63) is 18.0 Å². The molecule has 3 heterocycles. The summed E-state index contributed by atoms with van der Waals surface area (Å²) >= 11 is 0. The van der Waals surface area contributed by atoms with Crippen LogP contribution in [-0.2, 0) is 0 Å². The molecule has 0 radical (unpaired) electrons. The smallest absolute Gasteiger partial charge is 0.335 e. The van der Waals surface area contributed by atoms with Gasteiger partial charge in [0.1, 0.15) is 5.69 Å². The summed E-state index contributed by atoms with van der Waals surface area (Å²) in [4.78, 5) is 15.4. The topological polar surface area (TPSA) is 53.4 Å². The van der Waals surface area contributed by atoms with Crippen molar-refractivity contribution in [1.29, 1.82) is 0 Å². The van der Waals surface area contributed by atoms with Gasteiger partial charge in [-0.25, -0.2) is 0 Å². The molecule has 2 aliphatic rings. The van der Waals surface area contributed by atoms with Crippen molar-refractivity contribution < 1.29 is 18.0 Å². The Morgan fingerprint density at radius 3 is 2.60 bits per heavy atom. The first kappa shape index (κ1) is 20.0. The van der Waals surface area contributed by atoms with Crippen LogP contribution < -0.4 is 5.32 Å². The Kier molecular flexibility index (Phi) is 6.70. The molecule has 0 aliphatic carbocycles. The van der Waals surface area contributed by atoms with Crippen LogP contribution in [0.25, 0.3) is 0 Å². The Morgan fingerprint density at radius 1 is 1.28 bits per heavy atom. The number of nitrogens with one attached hydrogen (secondary N) is 1. The van der Waals surface area contributed by atoms with Gasteiger partial charge in [-0.1, -0.05) is 0 Å². The predicted molar refractivity (Wildman–Crippen MR) is 89.0 cm³/mol. The standard InChI is InChI=1S/C15H22F3N5O.ClH/c16-15(17,18)11-21-6-8-22(9-7-21)14(24)13-3-5-23(20-13)12-2-1-4-19-10-12;/h3,5,12,19H,1-2,4,6-11H2;1H. The van der Waals surface area contributed by atoms with Crippen LogP contribution in [0.1, 0.15) is 29.4 Å². The average Bonchev–Trinajstić information content (AvgIpc) is 3.04. The lowest BCUT2D eigenvalue weighted by Crippen LogP contribution is -2.51. The van der Waals surface area contributed by atoms with Crippen LogP contribution in [0.3, 0.4) is 0 Å². The van der Waals surface area contributed by atoms with Crippen LogP contribution in [0.15, 0.2) is 12.3 Å². The minimum absolute atomic E-state index is 0. The number of piperazine rings is 1. The lowest BCUT2D eigenvalue weighted by molar-refractivity contribution is -0.148. The van der Waals surface area contributed by atoms with Crippen molar-refractivity contribution in [2.24, 2.45) is 0 Å². The fourth-order valence-electron chi connectivity index (χ4n) is 3.24. The second kappa shape index (κ2) is 8.37. The Bertz CT molecular complexity index is 566. The highest BCUT2D eigenvalue weighted by Crippen LogP contribution is 2.19. The quantitative estimate of drug-likeness (QED) is 0.863. The van der Waals surface area contributed by atoms with Gasteiger partial charge in [0.25, 0.3) is 5.91 Å². The molecule has 1 aromatic heterocycles. The zero-order valence-corrected chi connectivity index (χ0v) is 14.7. The molecule has 0 bridgehead atoms. The summed E-state index contributed by atoms with van der Waals surface area (Å²) in [6.07, 6.45) is -0.281. The van der Waals surface area contributed by atoms with Gasteiger partial charge in [-0.3, -0.25) is 14.4 Å². The number of rotatable bonds is 3. The predicted octanol–water partition coefficient (Wildman–Crippen LogP) is 1.55. The van der Waals surface area contributed by atoms with Crippen LogP contribution in [0.4, 0.5) is 13.2 Å². The van der Waals surface area contributed by atoms with E-state index in [4.69, 9.17) is 0 Å². The molecule has 25 heavy (non-hydrogen) atoms. The first-order valence-corrected chi connectivity index (χ1v) is 8.26. The van der Waals surface area contributed by atoms with Gasteiger partial charge in [-0.15, -0.1) is 12.4 Å². The van der Waals surface area contributed by atoms with Crippen LogP contribution in [0.2, 0.25) is 0 Å². The molecule has 3 rings (SSSR count). The highest BCUT2D eigenvalue weighted by molar-refractivity contribution is 5.92. The number of hydrogen-bond donors (Lipinski definition) is 1. The Labute approximate surface area is 150 Å². The van der Waals surface area contributed by atoms with Gasteiger partial charge in [-0.2, -0.15) is 18.3 Å². The molecule has 0 spiro atoms. The summed E-state index contributed by atoms with van der Waals surface area (Å²) in [5.41, 5.74) is 0.366. The molecule has 2 aliphatic heterocycles. The second-order valence-electron chi connectivity index (χ2n) is 6.36. The third-order valence-corrected chi connectivity index (χ3v) is 4.53. The number of carbonyl (C=O) groups is 1. The Balaban J connectivity index is 0.00000225. The number of amides is 1. The zero-order chi connectivity index (χ0) is 17.2. The molecule has 2 fully saturated rings. The third kappa shape index (κ3) is 5.32. The molecule has 1 aromatic rings. The summed E-state index contributed by atoms with van der Waals surface area (Å²) in [5.74, 6) is -0.204. The maximum atomic E-state index is 12.5. The highest BCUT2D eigenvalue weighted by Gasteiger charge is 2.33. The maximum Gasteiger partial charge on any atom is 0.401 e. The van der Waals surface area contributed by atoms with E-state index in [9.17, 15) is 18.0 Å². The molecule has 1 amide bonds. The summed E-state index contributed by atoms with van der Waals surface area (Å²) in [6.45, 7) is 1.99. The summed E-state index contributed by atoms with van der Waals surface area (Å²) in [5, 5.41) is 7.68. The first-order valence-electron chi connectivity index (χ1n) is 8.26. The van der Waals surface area contributed by atoms with Gasteiger partial charge >= 0.3 is 6.18 Å². The lowest BCUT2D eigenvalue weighted by Gasteiger charge is -2.34. The average molecular weight is 382 g/mol. The van der Waals surface area contributed by atoms with Gasteiger partial charge in [0.2, 0.25) is 0 Å². The molecule has 1 unspecified atom stereocenters. The van der Waals surface area contributed by atoms with Crippen molar-refractivity contribution in [3.8, 4) is 0 Å². The van der Waals surface area contributed by atoms with Gasteiger partial charge in [0.15, 0.2) is 0 Å². The van der Waals surface area contributed by atoms with E-state index in [1.54, 1.807) is 11.0 Å². The van der Waals surface area contributed by atoms with Gasteiger partial charge in [0, 0.05) is 38.9 Å². The van der Waals surface area contributed by atoms with E-state index < -0.39 is 12.7 Å². The molecule has 2 saturated heterocycles. The van der Waals surface area contributed by atoms with Crippen LogP contribution in [0, 0.1) is 0 Å². The van der Waals surface area contributed by atoms with Crippen molar-refractivity contribution in [2.45, 2.75) is 25.1 Å². The molecule has 1 atom stereocenters. The van der Waals surface area contributed by atoms with Crippen LogP contribution in [0.5, 0.6) is 0 Å². The van der Waals surface area contributed by atoms with Gasteiger partial charge in [0.05, 0.1) is 12.6 Å². The van der Waals surface area contributed by atoms with Crippen molar-refractivity contribution in [2.75, 3.05) is 45.8 Å². The molecular weight excluding hydrogens is 359 g/mol. The number of aromatic nitrogens is 2. The fourth-order valence-corrected chi connectivity index (χ4v) is 3.24. The van der Waals surface area contributed by atoms with Crippen LogP contribution in [-0.4, -0.2) is 77.5 Å². The number of carbonyl (C=O) groups excluding carboxylic acids is 1. The van der Waals surface area contributed by atoms with E-state index in [1.165, 1.54) is 4.90 Å². The fraction of sp³-hybridized carbons (Fsp3) is 0.733. The van der Waals surface area contributed by atoms with E-state index in [1.807, 2.05) is 10.9 Å². The van der Waals surface area contributed by atoms with Gasteiger partial charge < -0.3 is 10.2 Å². The molecule has 6 nitrogen and oxygen atoms in total. The number of alkyl halides is 3. The monoisotopic (exact) mass is 381 g/mol. The maximum absolute atomic E-state index is 12.5. The minimum Gasteiger partial charge on any atom is -0.335 e. The Hall–Kier alpha value is -1.32. The van der Waals surface area contributed by atoms with E-state index in [2.05, 4.69) is 10.4 Å². The van der Waals surface area contributed by atoms with E-state index in [-0.39, 0.29) is 37.4 Å². The molecule has 0 saturated carbocycles. The summed E-state index contributed by atoms with van der Waals surface area (Å²) in [7, 11) is 0. The number of piperidine rings is 1. The molecular formula is C15H23ClF3N5O. The molecule has 1 N–H and O–H groups in total. The van der Waals surface area contributed by atoms with Crippen molar-refractivity contribution >= 4 is 18.3 Å². The lowest BCUT2D eigenvalue weighted by atomic mass is 10.1. The SMILES string of the molecule is Cl.O=C(c1ccn(C2CCCNC2)n1)N1CCN(CC(F)(F)F)CC1. The summed E-state index contributed by atoms with van der Waals surface area (Å²) in [6, 6.07) is 1.95. The number of halogens is 4. The molecule has 142 valence electrons. The normalized spacial score (nSPS) is 22.5. The summed E-state index contributed by atoms with van der Waals surface area (Å²) < 4.78 is 39.0. The van der Waals surface area contributed by atoms with Crippen LogP contribution >= 0.6 is 12.4 Å². The van der Waals surface area contributed by atoms with E-state index in [0.717, 1.165) is 25.9 Å². The van der Waals surface area contributed by atoms with E-state index >= 15 is 0 Å². The Morgan fingerprint density at radius 2 is 2.00 bits per heavy atom. The first-order chi connectivity index (χ1) is 11.4. The molecule has 0 aromatic carbocycles. The van der Waals surface area contributed by atoms with Crippen molar-refractivity contribution in [1.82, 2.24) is 24.9 Å². The van der Waals surface area contributed by atoms with Gasteiger partial charge in [-0.05, 0) is 25.5 Å².